The number of nitrogens with one attached hydrogen (secondary N) is 1. The molecule has 32 heavy (non-hydrogen) atoms. The minimum Gasteiger partial charge on any atom is -0.872 e. The third-order valence-corrected chi connectivity index (χ3v) is 6.17. The molecule has 7 heteroatoms. The van der Waals surface area contributed by atoms with Gasteiger partial charge in [-0.1, -0.05) is 18.7 Å². The van der Waals surface area contributed by atoms with E-state index in [2.05, 4.69) is 6.92 Å². The topological polar surface area (TPSA) is 81.5 Å². The second kappa shape index (κ2) is 9.12. The molecular formula is C25H29NO6. The number of hydrogen-bond donors (Lipinski definition) is 1. The summed E-state index contributed by atoms with van der Waals surface area (Å²) in [5, 5.41) is 12.7. The zero-order chi connectivity index (χ0) is 22.8. The van der Waals surface area contributed by atoms with E-state index < -0.39 is 0 Å². The molecular weight excluding hydrogens is 410 g/mol. The summed E-state index contributed by atoms with van der Waals surface area (Å²) in [6.45, 7) is 4.85. The number of ether oxygens (including phenoxy) is 4. The fourth-order valence-electron chi connectivity index (χ4n) is 4.60. The van der Waals surface area contributed by atoms with E-state index in [0.29, 0.717) is 52.2 Å². The summed E-state index contributed by atoms with van der Waals surface area (Å²) in [5.74, 6) is 2.29. The Morgan fingerprint density at radius 2 is 1.88 bits per heavy atom. The van der Waals surface area contributed by atoms with E-state index in [4.69, 9.17) is 18.9 Å². The van der Waals surface area contributed by atoms with Crippen LogP contribution >= 0.6 is 0 Å². The van der Waals surface area contributed by atoms with Crippen LogP contribution in [0.25, 0.3) is 6.08 Å². The first-order valence-corrected chi connectivity index (χ1v) is 10.9. The maximum atomic E-state index is 13.1. The number of quaternary nitrogens is 1. The maximum Gasteiger partial charge on any atom is 0.231 e. The minimum absolute atomic E-state index is 0.0867. The maximum absolute atomic E-state index is 13.1. The van der Waals surface area contributed by atoms with E-state index in [1.165, 1.54) is 38.7 Å². The molecule has 2 unspecified atom stereocenters. The van der Waals surface area contributed by atoms with E-state index in [0.717, 1.165) is 19.5 Å². The van der Waals surface area contributed by atoms with Crippen LogP contribution in [0.15, 0.2) is 30.0 Å². The molecule has 2 aromatic carbocycles. The zero-order valence-corrected chi connectivity index (χ0v) is 18.9. The Bertz CT molecular complexity index is 1040. The molecule has 0 bridgehead atoms. The number of ketones is 1. The van der Waals surface area contributed by atoms with Crippen LogP contribution < -0.4 is 29.0 Å². The van der Waals surface area contributed by atoms with Gasteiger partial charge in [-0.05, 0) is 42.7 Å². The van der Waals surface area contributed by atoms with Gasteiger partial charge in [-0.15, -0.1) is 0 Å². The lowest BCUT2D eigenvalue weighted by Gasteiger charge is -2.29. The van der Waals surface area contributed by atoms with Gasteiger partial charge in [-0.25, -0.2) is 0 Å². The van der Waals surface area contributed by atoms with Crippen LogP contribution in [0.2, 0.25) is 0 Å². The number of allylic oxidation sites excluding steroid dienone is 1. The molecule has 2 atom stereocenters. The van der Waals surface area contributed by atoms with E-state index >= 15 is 0 Å². The van der Waals surface area contributed by atoms with Gasteiger partial charge in [0.2, 0.25) is 11.5 Å². The van der Waals surface area contributed by atoms with Gasteiger partial charge in [0.1, 0.15) is 12.3 Å². The Kier molecular flexibility index (Phi) is 6.28. The SMILES string of the molecule is COc1cc(C=C2Oc3c(ccc([O-])c3C[NH+]3CCCC(C)C3)C2=O)cc(OC)c1OC. The van der Waals surface area contributed by atoms with Gasteiger partial charge >= 0.3 is 0 Å². The molecule has 0 aliphatic carbocycles. The molecule has 1 fully saturated rings. The molecule has 0 saturated carbocycles. The summed E-state index contributed by atoms with van der Waals surface area (Å²) in [6.07, 6.45) is 4.00. The normalized spacial score (nSPS) is 21.2. The Hall–Kier alpha value is -3.19. The second-order valence-electron chi connectivity index (χ2n) is 8.45. The van der Waals surface area contributed by atoms with Crippen molar-refractivity contribution >= 4 is 11.9 Å². The average molecular weight is 440 g/mol. The van der Waals surface area contributed by atoms with Crippen molar-refractivity contribution in [3.63, 3.8) is 0 Å². The van der Waals surface area contributed by atoms with Crippen LogP contribution in [0.5, 0.6) is 28.7 Å². The van der Waals surface area contributed by atoms with Crippen molar-refractivity contribution in [1.29, 1.82) is 0 Å². The predicted octanol–water partition coefficient (Wildman–Crippen LogP) is 2.22. The van der Waals surface area contributed by atoms with Gasteiger partial charge in [-0.2, -0.15) is 0 Å². The van der Waals surface area contributed by atoms with Crippen molar-refractivity contribution in [2.24, 2.45) is 5.92 Å². The Balaban J connectivity index is 1.67. The van der Waals surface area contributed by atoms with E-state index in [1.807, 2.05) is 0 Å². The summed E-state index contributed by atoms with van der Waals surface area (Å²) in [4.78, 5) is 14.4. The number of rotatable bonds is 6. The fourth-order valence-corrected chi connectivity index (χ4v) is 4.60. The standard InChI is InChI=1S/C25H29NO6/c1-15-6-5-9-26(13-15)14-18-19(27)8-7-17-23(28)20(32-24(17)18)10-16-11-21(29-2)25(31-4)22(12-16)30-3/h7-8,10-12,15,27H,5-6,9,13-14H2,1-4H3. The number of carbonyl (C=O) groups excluding carboxylic acids is 1. The zero-order valence-electron chi connectivity index (χ0n) is 18.9. The highest BCUT2D eigenvalue weighted by Crippen LogP contribution is 2.41. The van der Waals surface area contributed by atoms with Crippen LogP contribution in [0.3, 0.4) is 0 Å². The van der Waals surface area contributed by atoms with Crippen LogP contribution in [0.1, 0.15) is 41.3 Å². The summed E-state index contributed by atoms with van der Waals surface area (Å²) in [6, 6.07) is 6.53. The summed E-state index contributed by atoms with van der Waals surface area (Å²) in [5.41, 5.74) is 1.67. The molecule has 2 aliphatic rings. The van der Waals surface area contributed by atoms with E-state index in [-0.39, 0.29) is 17.3 Å². The van der Waals surface area contributed by atoms with Gasteiger partial charge in [0.15, 0.2) is 17.3 Å². The van der Waals surface area contributed by atoms with Crippen LogP contribution in [0, 0.1) is 5.92 Å². The third kappa shape index (κ3) is 4.12. The number of benzene rings is 2. The quantitative estimate of drug-likeness (QED) is 0.695. The largest absolute Gasteiger partial charge is 0.872 e. The predicted molar refractivity (Wildman–Crippen MR) is 118 cm³/mol. The molecule has 2 heterocycles. The number of likely N-dealkylation sites (tertiary alicyclic amines) is 1. The van der Waals surface area contributed by atoms with Gasteiger partial charge in [-0.3, -0.25) is 4.79 Å². The molecule has 7 nitrogen and oxygen atoms in total. The van der Waals surface area contributed by atoms with Crippen molar-refractivity contribution < 1.29 is 33.7 Å². The van der Waals surface area contributed by atoms with Crippen LogP contribution in [0.4, 0.5) is 0 Å². The lowest BCUT2D eigenvalue weighted by Crippen LogP contribution is -3.12. The number of Topliss-reactive ketones (excluding diaryl/α,β-unsaturated/α-hetero) is 1. The molecule has 1 saturated heterocycles. The summed E-state index contributed by atoms with van der Waals surface area (Å²) < 4.78 is 22.1. The number of hydrogen-bond acceptors (Lipinski definition) is 6. The molecule has 0 radical (unpaired) electrons. The van der Waals surface area contributed by atoms with Gasteiger partial charge in [0.05, 0.1) is 40.0 Å². The number of methoxy groups -OCH3 is 3. The van der Waals surface area contributed by atoms with Gasteiger partial charge < -0.3 is 29.0 Å². The minimum atomic E-state index is -0.239. The van der Waals surface area contributed by atoms with E-state index in [9.17, 15) is 9.90 Å². The van der Waals surface area contributed by atoms with Crippen molar-refractivity contribution in [2.45, 2.75) is 26.3 Å². The highest BCUT2D eigenvalue weighted by atomic mass is 16.5. The highest BCUT2D eigenvalue weighted by molar-refractivity contribution is 6.15. The first kappa shape index (κ1) is 22.0. The smallest absolute Gasteiger partial charge is 0.231 e. The Morgan fingerprint density at radius 1 is 1.16 bits per heavy atom. The van der Waals surface area contributed by atoms with E-state index in [1.54, 1.807) is 24.3 Å². The molecule has 2 aliphatic heterocycles. The second-order valence-corrected chi connectivity index (χ2v) is 8.45. The summed E-state index contributed by atoms with van der Waals surface area (Å²) in [7, 11) is 4.60. The molecule has 4 rings (SSSR count). The molecule has 170 valence electrons. The molecule has 2 aromatic rings. The number of carbonyl (C=O) groups is 1. The monoisotopic (exact) mass is 439 g/mol. The molecule has 0 aromatic heterocycles. The highest BCUT2D eigenvalue weighted by Gasteiger charge is 2.32. The van der Waals surface area contributed by atoms with Crippen LogP contribution in [-0.2, 0) is 6.54 Å². The van der Waals surface area contributed by atoms with Crippen molar-refractivity contribution in [3.8, 4) is 28.7 Å². The first-order chi connectivity index (χ1) is 15.4. The number of piperidine rings is 1. The third-order valence-electron chi connectivity index (χ3n) is 6.17. The average Bonchev–Trinajstić information content (AvgIpc) is 3.10. The summed E-state index contributed by atoms with van der Waals surface area (Å²) >= 11 is 0. The van der Waals surface area contributed by atoms with Crippen molar-refractivity contribution in [1.82, 2.24) is 0 Å². The Morgan fingerprint density at radius 3 is 2.50 bits per heavy atom. The van der Waals surface area contributed by atoms with Gasteiger partial charge in [0, 0.05) is 11.5 Å². The number of fused-ring (bicyclic) bond motifs is 1. The Labute approximate surface area is 188 Å². The van der Waals surface area contributed by atoms with Crippen LogP contribution in [-0.4, -0.2) is 40.2 Å². The molecule has 0 spiro atoms. The first-order valence-electron chi connectivity index (χ1n) is 10.9. The molecule has 0 amide bonds. The van der Waals surface area contributed by atoms with Crippen molar-refractivity contribution in [2.75, 3.05) is 34.4 Å². The lowest BCUT2D eigenvalue weighted by atomic mass is 9.99. The van der Waals surface area contributed by atoms with Gasteiger partial charge in [0.25, 0.3) is 0 Å². The lowest BCUT2D eigenvalue weighted by molar-refractivity contribution is -0.922. The van der Waals surface area contributed by atoms with Crippen molar-refractivity contribution in [3.05, 3.63) is 46.7 Å². The fraction of sp³-hybridized carbons (Fsp3) is 0.400. The molecule has 1 N–H and O–H groups in total.